The third kappa shape index (κ3) is 4.77. The fourth-order valence-electron chi connectivity index (χ4n) is 2.48. The summed E-state index contributed by atoms with van der Waals surface area (Å²) in [4.78, 5) is 22.5. The van der Waals surface area contributed by atoms with Gasteiger partial charge in [-0.05, 0) is 23.8 Å². The van der Waals surface area contributed by atoms with E-state index in [0.717, 1.165) is 0 Å². The highest BCUT2D eigenvalue weighted by atomic mass is 35.5. The standard InChI is InChI=1S/C18H13Cl2NO6/c19-14-3-1-11(16(20)7-14)2-4-17(22)26-9-13-6-15(21(23)24)5-12-8-25-10-27-18(12)13/h1-7H,8-10H2. The lowest BCUT2D eigenvalue weighted by Gasteiger charge is -2.20. The van der Waals surface area contributed by atoms with Crippen LogP contribution in [0.15, 0.2) is 36.4 Å². The van der Waals surface area contributed by atoms with Gasteiger partial charge in [0, 0.05) is 39.4 Å². The summed E-state index contributed by atoms with van der Waals surface area (Å²) in [5.74, 6) is -0.197. The molecule has 2 aromatic carbocycles. The van der Waals surface area contributed by atoms with Gasteiger partial charge in [0.25, 0.3) is 5.69 Å². The number of benzene rings is 2. The van der Waals surface area contributed by atoms with E-state index in [2.05, 4.69) is 0 Å². The molecule has 1 aliphatic heterocycles. The highest BCUT2D eigenvalue weighted by Crippen LogP contribution is 2.33. The van der Waals surface area contributed by atoms with Crippen LogP contribution in [0.4, 0.5) is 5.69 Å². The van der Waals surface area contributed by atoms with Gasteiger partial charge in [-0.3, -0.25) is 10.1 Å². The van der Waals surface area contributed by atoms with Crippen molar-refractivity contribution in [3.05, 3.63) is 73.3 Å². The number of fused-ring (bicyclic) bond motifs is 1. The molecule has 0 aromatic heterocycles. The van der Waals surface area contributed by atoms with Gasteiger partial charge < -0.3 is 14.2 Å². The van der Waals surface area contributed by atoms with Crippen LogP contribution in [0.1, 0.15) is 16.7 Å². The lowest BCUT2D eigenvalue weighted by Crippen LogP contribution is -2.14. The molecular formula is C18H13Cl2NO6. The van der Waals surface area contributed by atoms with E-state index in [1.54, 1.807) is 18.2 Å². The predicted octanol–water partition coefficient (Wildman–Crippen LogP) is 4.52. The van der Waals surface area contributed by atoms with Crippen LogP contribution in [0.2, 0.25) is 10.0 Å². The number of ether oxygens (including phenoxy) is 3. The van der Waals surface area contributed by atoms with E-state index >= 15 is 0 Å². The van der Waals surface area contributed by atoms with E-state index < -0.39 is 10.9 Å². The Labute approximate surface area is 164 Å². The number of hydrogen-bond donors (Lipinski definition) is 0. The third-order valence-corrected chi connectivity index (χ3v) is 4.28. The first-order chi connectivity index (χ1) is 12.9. The van der Waals surface area contributed by atoms with Gasteiger partial charge >= 0.3 is 5.97 Å². The average Bonchev–Trinajstić information content (AvgIpc) is 2.65. The number of nitro groups is 1. The van der Waals surface area contributed by atoms with Gasteiger partial charge in [0.05, 0.1) is 11.5 Å². The normalized spacial score (nSPS) is 13.1. The summed E-state index contributed by atoms with van der Waals surface area (Å²) in [6.45, 7) is 0.0369. The Balaban J connectivity index is 1.72. The molecule has 0 amide bonds. The van der Waals surface area contributed by atoms with Gasteiger partial charge in [-0.15, -0.1) is 0 Å². The predicted molar refractivity (Wildman–Crippen MR) is 98.7 cm³/mol. The zero-order valence-corrected chi connectivity index (χ0v) is 15.3. The summed E-state index contributed by atoms with van der Waals surface area (Å²) in [5, 5.41) is 12.0. The summed E-state index contributed by atoms with van der Waals surface area (Å²) in [7, 11) is 0. The number of hydrogen-bond acceptors (Lipinski definition) is 6. The summed E-state index contributed by atoms with van der Waals surface area (Å²) in [6.07, 6.45) is 2.71. The molecule has 0 radical (unpaired) electrons. The average molecular weight is 410 g/mol. The Morgan fingerprint density at radius 3 is 2.85 bits per heavy atom. The Morgan fingerprint density at radius 2 is 2.11 bits per heavy atom. The van der Waals surface area contributed by atoms with Crippen molar-refractivity contribution < 1.29 is 23.9 Å². The monoisotopic (exact) mass is 409 g/mol. The van der Waals surface area contributed by atoms with Crippen LogP contribution in [0.5, 0.6) is 5.75 Å². The summed E-state index contributed by atoms with van der Waals surface area (Å²) in [5.41, 5.74) is 1.40. The molecule has 3 rings (SSSR count). The maximum absolute atomic E-state index is 12.0. The Hall–Kier alpha value is -2.61. The van der Waals surface area contributed by atoms with Crippen molar-refractivity contribution >= 4 is 40.9 Å². The molecule has 140 valence electrons. The fraction of sp³-hybridized carbons (Fsp3) is 0.167. The van der Waals surface area contributed by atoms with Gasteiger partial charge in [0.2, 0.25) is 0 Å². The second-order valence-electron chi connectivity index (χ2n) is 5.57. The molecule has 0 saturated heterocycles. The number of nitro benzene ring substituents is 1. The van der Waals surface area contributed by atoms with Crippen LogP contribution >= 0.6 is 23.2 Å². The molecule has 0 spiro atoms. The first-order valence-corrected chi connectivity index (χ1v) is 8.50. The minimum Gasteiger partial charge on any atom is -0.467 e. The first-order valence-electron chi connectivity index (χ1n) is 7.74. The van der Waals surface area contributed by atoms with Crippen molar-refractivity contribution in [3.8, 4) is 5.75 Å². The zero-order chi connectivity index (χ0) is 19.4. The summed E-state index contributed by atoms with van der Waals surface area (Å²) < 4.78 is 15.7. The number of rotatable bonds is 5. The van der Waals surface area contributed by atoms with E-state index in [-0.39, 0.29) is 25.7 Å². The highest BCUT2D eigenvalue weighted by molar-refractivity contribution is 6.35. The zero-order valence-electron chi connectivity index (χ0n) is 13.8. The smallest absolute Gasteiger partial charge is 0.331 e. The second-order valence-corrected chi connectivity index (χ2v) is 6.41. The molecule has 0 N–H and O–H groups in total. The minimum absolute atomic E-state index is 0.0285. The molecule has 0 aliphatic carbocycles. The quantitative estimate of drug-likeness (QED) is 0.312. The van der Waals surface area contributed by atoms with Gasteiger partial charge in [0.1, 0.15) is 12.4 Å². The van der Waals surface area contributed by atoms with Crippen molar-refractivity contribution in [2.75, 3.05) is 6.79 Å². The van der Waals surface area contributed by atoms with Crippen molar-refractivity contribution in [2.24, 2.45) is 0 Å². The number of carbonyl (C=O) groups is 1. The lowest BCUT2D eigenvalue weighted by molar-refractivity contribution is -0.385. The Kier molecular flexibility index (Phi) is 5.95. The Morgan fingerprint density at radius 1 is 1.30 bits per heavy atom. The number of carbonyl (C=O) groups excluding carboxylic acids is 1. The van der Waals surface area contributed by atoms with Gasteiger partial charge in [-0.1, -0.05) is 29.3 Å². The third-order valence-electron chi connectivity index (χ3n) is 3.71. The molecule has 0 fully saturated rings. The molecular weight excluding hydrogens is 397 g/mol. The van der Waals surface area contributed by atoms with E-state index in [9.17, 15) is 14.9 Å². The molecule has 0 saturated carbocycles. The highest BCUT2D eigenvalue weighted by Gasteiger charge is 2.21. The fourth-order valence-corrected chi connectivity index (χ4v) is 2.96. The maximum atomic E-state index is 12.0. The number of non-ortho nitro benzene ring substituents is 1. The number of halogens is 2. The molecule has 0 bridgehead atoms. The van der Waals surface area contributed by atoms with E-state index in [4.69, 9.17) is 37.4 Å². The van der Waals surface area contributed by atoms with E-state index in [1.165, 1.54) is 24.3 Å². The first kappa shape index (κ1) is 19.2. The molecule has 27 heavy (non-hydrogen) atoms. The van der Waals surface area contributed by atoms with Crippen molar-refractivity contribution in [3.63, 3.8) is 0 Å². The Bertz CT molecular complexity index is 928. The number of esters is 1. The van der Waals surface area contributed by atoms with Crippen LogP contribution in [0.3, 0.4) is 0 Å². The lowest BCUT2D eigenvalue weighted by atomic mass is 10.1. The molecule has 0 atom stereocenters. The van der Waals surface area contributed by atoms with Crippen LogP contribution < -0.4 is 4.74 Å². The second kappa shape index (κ2) is 8.39. The largest absolute Gasteiger partial charge is 0.467 e. The molecule has 9 heteroatoms. The van der Waals surface area contributed by atoms with E-state index in [0.29, 0.717) is 32.5 Å². The molecule has 1 aliphatic rings. The topological polar surface area (TPSA) is 87.9 Å². The van der Waals surface area contributed by atoms with Crippen molar-refractivity contribution in [1.82, 2.24) is 0 Å². The van der Waals surface area contributed by atoms with Gasteiger partial charge in [0.15, 0.2) is 6.79 Å². The summed E-state index contributed by atoms with van der Waals surface area (Å²) in [6, 6.07) is 7.56. The van der Waals surface area contributed by atoms with Crippen molar-refractivity contribution in [2.45, 2.75) is 13.2 Å². The van der Waals surface area contributed by atoms with Crippen molar-refractivity contribution in [1.29, 1.82) is 0 Å². The van der Waals surface area contributed by atoms with Gasteiger partial charge in [-0.25, -0.2) is 4.79 Å². The maximum Gasteiger partial charge on any atom is 0.331 e. The van der Waals surface area contributed by atoms with Crippen LogP contribution in [0, 0.1) is 10.1 Å². The summed E-state index contributed by atoms with van der Waals surface area (Å²) >= 11 is 11.9. The molecule has 2 aromatic rings. The van der Waals surface area contributed by atoms with Crippen LogP contribution in [-0.4, -0.2) is 17.7 Å². The molecule has 1 heterocycles. The number of nitrogens with zero attached hydrogens (tertiary/aromatic N) is 1. The van der Waals surface area contributed by atoms with Crippen LogP contribution in [-0.2, 0) is 27.5 Å². The molecule has 7 nitrogen and oxygen atoms in total. The minimum atomic E-state index is -0.631. The van der Waals surface area contributed by atoms with Gasteiger partial charge in [-0.2, -0.15) is 0 Å². The molecule has 0 unspecified atom stereocenters. The van der Waals surface area contributed by atoms with Crippen LogP contribution in [0.25, 0.3) is 6.08 Å². The SMILES string of the molecule is O=C(C=Cc1ccc(Cl)cc1Cl)OCc1cc([N+](=O)[O-])cc2c1OCOC2. The van der Waals surface area contributed by atoms with E-state index in [1.807, 2.05) is 0 Å².